The Morgan fingerprint density at radius 1 is 1.11 bits per heavy atom. The van der Waals surface area contributed by atoms with Crippen molar-refractivity contribution in [3.8, 4) is 0 Å². The highest BCUT2D eigenvalue weighted by molar-refractivity contribution is 8.26. The molecule has 1 amide bonds. The van der Waals surface area contributed by atoms with Crippen molar-refractivity contribution in [3.05, 3.63) is 74.5 Å². The van der Waals surface area contributed by atoms with Gasteiger partial charge in [0.1, 0.15) is 15.8 Å². The maximum atomic E-state index is 13.6. The van der Waals surface area contributed by atoms with E-state index in [1.54, 1.807) is 31.5 Å². The van der Waals surface area contributed by atoms with Crippen molar-refractivity contribution in [2.24, 2.45) is 0 Å². The van der Waals surface area contributed by atoms with Crippen molar-refractivity contribution in [2.75, 3.05) is 56.2 Å². The van der Waals surface area contributed by atoms with Gasteiger partial charge in [-0.2, -0.15) is 0 Å². The first-order valence-electron chi connectivity index (χ1n) is 11.5. The molecule has 0 aliphatic carbocycles. The first-order chi connectivity index (χ1) is 17.5. The predicted molar refractivity (Wildman–Crippen MR) is 149 cm³/mol. The molecule has 0 N–H and O–H groups in total. The number of hydrogen-bond donors (Lipinski definition) is 0. The van der Waals surface area contributed by atoms with Gasteiger partial charge in [-0.05, 0) is 36.4 Å². The Balaban J connectivity index is 1.49. The van der Waals surface area contributed by atoms with Crippen LogP contribution in [0.1, 0.15) is 5.56 Å². The third-order valence-electron chi connectivity index (χ3n) is 6.17. The number of nitrogens with zero attached hydrogens (tertiary/aromatic N) is 5. The van der Waals surface area contributed by atoms with E-state index in [-0.39, 0.29) is 11.5 Å². The number of benzene rings is 1. The topological polar surface area (TPSA) is 70.4 Å². The molecule has 1 aromatic carbocycles. The number of thiocarbonyl (C=S) groups is 1. The molecular formula is C25H24ClN5O3S2. The molecule has 0 spiro atoms. The molecule has 2 fully saturated rings. The fourth-order valence-corrected chi connectivity index (χ4v) is 5.79. The number of thioether (sulfide) groups is 1. The van der Waals surface area contributed by atoms with E-state index in [1.165, 1.54) is 21.1 Å². The Kier molecular flexibility index (Phi) is 7.29. The summed E-state index contributed by atoms with van der Waals surface area (Å²) in [4.78, 5) is 37.8. The van der Waals surface area contributed by atoms with Crippen LogP contribution in [-0.4, -0.2) is 71.0 Å². The van der Waals surface area contributed by atoms with Gasteiger partial charge < -0.3 is 14.5 Å². The number of pyridine rings is 1. The van der Waals surface area contributed by atoms with E-state index in [2.05, 4.69) is 9.80 Å². The molecule has 0 unspecified atom stereocenters. The second-order valence-corrected chi connectivity index (χ2v) is 10.5. The molecule has 2 aromatic heterocycles. The summed E-state index contributed by atoms with van der Waals surface area (Å²) in [7, 11) is 1.58. The second kappa shape index (κ2) is 10.6. The Morgan fingerprint density at radius 2 is 1.89 bits per heavy atom. The van der Waals surface area contributed by atoms with Gasteiger partial charge in [0.25, 0.3) is 11.5 Å². The number of halogens is 1. The number of piperazine rings is 1. The minimum Gasteiger partial charge on any atom is -0.383 e. The first kappa shape index (κ1) is 24.8. The number of carbonyl (C=O) groups excluding carboxylic acids is 1. The van der Waals surface area contributed by atoms with Crippen LogP contribution in [0.2, 0.25) is 5.02 Å². The quantitative estimate of drug-likeness (QED) is 0.347. The average molecular weight is 542 g/mol. The minimum absolute atomic E-state index is 0.226. The van der Waals surface area contributed by atoms with Gasteiger partial charge in [-0.25, -0.2) is 4.98 Å². The summed E-state index contributed by atoms with van der Waals surface area (Å²) in [6, 6.07) is 13.2. The molecule has 0 radical (unpaired) electrons. The Labute approximate surface area is 223 Å². The molecule has 0 atom stereocenters. The van der Waals surface area contributed by atoms with E-state index < -0.39 is 0 Å². The molecule has 2 aliphatic rings. The van der Waals surface area contributed by atoms with Crippen molar-refractivity contribution in [3.63, 3.8) is 0 Å². The smallest absolute Gasteiger partial charge is 0.267 e. The van der Waals surface area contributed by atoms with Gasteiger partial charge in [0.15, 0.2) is 0 Å². The second-order valence-electron chi connectivity index (χ2n) is 8.36. The molecule has 0 bridgehead atoms. The number of hydrogen-bond acceptors (Lipinski definition) is 8. The zero-order valence-corrected chi connectivity index (χ0v) is 22.0. The van der Waals surface area contributed by atoms with Crippen LogP contribution >= 0.6 is 35.6 Å². The number of ether oxygens (including phenoxy) is 1. The van der Waals surface area contributed by atoms with Crippen molar-refractivity contribution in [2.45, 2.75) is 0 Å². The lowest BCUT2D eigenvalue weighted by molar-refractivity contribution is -0.122. The van der Waals surface area contributed by atoms with Crippen molar-refractivity contribution >= 4 is 69.0 Å². The highest BCUT2D eigenvalue weighted by atomic mass is 35.5. The van der Waals surface area contributed by atoms with Gasteiger partial charge >= 0.3 is 0 Å². The number of aromatic nitrogens is 2. The third-order valence-corrected chi connectivity index (χ3v) is 7.78. The van der Waals surface area contributed by atoms with Crippen LogP contribution in [0, 0.1) is 0 Å². The molecule has 186 valence electrons. The first-order valence-corrected chi connectivity index (χ1v) is 13.1. The van der Waals surface area contributed by atoms with E-state index in [4.69, 9.17) is 33.5 Å². The van der Waals surface area contributed by atoms with E-state index in [9.17, 15) is 9.59 Å². The minimum atomic E-state index is -0.227. The zero-order chi connectivity index (χ0) is 25.2. The molecule has 11 heteroatoms. The van der Waals surface area contributed by atoms with Gasteiger partial charge in [-0.15, -0.1) is 0 Å². The molecular weight excluding hydrogens is 518 g/mol. The number of fused-ring (bicyclic) bond motifs is 1. The highest BCUT2D eigenvalue weighted by Gasteiger charge is 2.33. The van der Waals surface area contributed by atoms with Gasteiger partial charge in [0.2, 0.25) is 0 Å². The third kappa shape index (κ3) is 4.86. The highest BCUT2D eigenvalue weighted by Crippen LogP contribution is 2.33. The standard InChI is InChI=1S/C25H24ClN5O3S2/c1-34-14-13-31-24(33)20(36-25(31)35)16-19-22(27-21-7-2-3-8-30(21)23(19)32)29-11-9-28(10-12-29)18-6-4-5-17(26)15-18/h2-8,15-16H,9-14H2,1H3/b20-16+. The van der Waals surface area contributed by atoms with Crippen LogP contribution in [-0.2, 0) is 9.53 Å². The molecule has 2 saturated heterocycles. The van der Waals surface area contributed by atoms with E-state index >= 15 is 0 Å². The maximum Gasteiger partial charge on any atom is 0.267 e. The SMILES string of the molecule is COCCN1C(=O)/C(=C\c2c(N3CCN(c4cccc(Cl)c4)CC3)nc3ccccn3c2=O)SC1=S. The maximum absolute atomic E-state index is 13.6. The summed E-state index contributed by atoms with van der Waals surface area (Å²) in [6.07, 6.45) is 3.33. The number of anilines is 2. The molecule has 5 rings (SSSR count). The monoisotopic (exact) mass is 541 g/mol. The van der Waals surface area contributed by atoms with Crippen LogP contribution in [0.5, 0.6) is 0 Å². The van der Waals surface area contributed by atoms with Gasteiger partial charge in [-0.3, -0.25) is 18.9 Å². The summed E-state index contributed by atoms with van der Waals surface area (Å²) in [5, 5.41) is 0.698. The van der Waals surface area contributed by atoms with Crippen molar-refractivity contribution in [1.29, 1.82) is 0 Å². The van der Waals surface area contributed by atoms with Gasteiger partial charge in [0.05, 0.1) is 23.6 Å². The summed E-state index contributed by atoms with van der Waals surface area (Å²) in [6.45, 7) is 3.56. The summed E-state index contributed by atoms with van der Waals surface area (Å²) in [5.74, 6) is 0.343. The van der Waals surface area contributed by atoms with Crippen LogP contribution in [0.3, 0.4) is 0 Å². The van der Waals surface area contributed by atoms with E-state index in [1.807, 2.05) is 30.3 Å². The van der Waals surface area contributed by atoms with Crippen LogP contribution < -0.4 is 15.4 Å². The van der Waals surface area contributed by atoms with E-state index in [0.29, 0.717) is 57.5 Å². The van der Waals surface area contributed by atoms with Crippen molar-refractivity contribution < 1.29 is 9.53 Å². The van der Waals surface area contributed by atoms with Crippen LogP contribution in [0.15, 0.2) is 58.4 Å². The lowest BCUT2D eigenvalue weighted by Gasteiger charge is -2.37. The lowest BCUT2D eigenvalue weighted by Crippen LogP contribution is -2.47. The van der Waals surface area contributed by atoms with Gasteiger partial charge in [-0.1, -0.05) is 47.7 Å². The number of methoxy groups -OCH3 is 1. The van der Waals surface area contributed by atoms with Gasteiger partial charge in [0, 0.05) is 50.2 Å². The molecule has 8 nitrogen and oxygen atoms in total. The largest absolute Gasteiger partial charge is 0.383 e. The van der Waals surface area contributed by atoms with Crippen molar-refractivity contribution in [1.82, 2.24) is 14.3 Å². The Hall–Kier alpha value is -2.92. The zero-order valence-electron chi connectivity index (χ0n) is 19.6. The number of rotatable bonds is 6. The average Bonchev–Trinajstić information content (AvgIpc) is 3.16. The fraction of sp³-hybridized carbons (Fsp3) is 0.280. The normalized spacial score (nSPS) is 17.6. The molecule has 36 heavy (non-hydrogen) atoms. The van der Waals surface area contributed by atoms with Crippen LogP contribution in [0.25, 0.3) is 11.7 Å². The molecule has 3 aromatic rings. The predicted octanol–water partition coefficient (Wildman–Crippen LogP) is 3.52. The molecule has 2 aliphatic heterocycles. The Morgan fingerprint density at radius 3 is 2.64 bits per heavy atom. The number of amides is 1. The Bertz CT molecular complexity index is 1420. The fourth-order valence-electron chi connectivity index (χ4n) is 4.31. The van der Waals surface area contributed by atoms with E-state index in [0.717, 1.165) is 18.8 Å². The molecule has 4 heterocycles. The summed E-state index contributed by atoms with van der Waals surface area (Å²) in [5.41, 5.74) is 1.77. The lowest BCUT2D eigenvalue weighted by atomic mass is 10.2. The molecule has 0 saturated carbocycles. The summed E-state index contributed by atoms with van der Waals surface area (Å²) >= 11 is 12.8. The van der Waals surface area contributed by atoms with Crippen LogP contribution in [0.4, 0.5) is 11.5 Å². The summed E-state index contributed by atoms with van der Waals surface area (Å²) < 4.78 is 7.06. The number of carbonyl (C=O) groups is 1.